The number of ether oxygens (including phenoxy) is 2. The van der Waals surface area contributed by atoms with Crippen molar-refractivity contribution in [3.05, 3.63) is 83.9 Å². The van der Waals surface area contributed by atoms with E-state index in [-0.39, 0.29) is 29.1 Å². The molecule has 1 fully saturated rings. The standard InChI is InChI=1S/C33H41N3O6S/c1-5-29(33(38)34-26-10-6-7-11-26)35(22-25-16-18-27(41-3)19-17-25)32(37)23-36(30-12-8-9-13-31(30)42-4)43(39,40)28-20-14-24(2)15-21-28/h8-9,12-21,26,29H,5-7,10-11,22-23H2,1-4H3,(H,34,38). The van der Waals surface area contributed by atoms with Gasteiger partial charge in [-0.2, -0.15) is 0 Å². The number of aryl methyl sites for hydroxylation is 1. The smallest absolute Gasteiger partial charge is 0.264 e. The van der Waals surface area contributed by atoms with Crippen LogP contribution in [0.1, 0.15) is 50.2 Å². The second-order valence-electron chi connectivity index (χ2n) is 10.8. The van der Waals surface area contributed by atoms with Gasteiger partial charge >= 0.3 is 0 Å². The van der Waals surface area contributed by atoms with E-state index in [0.29, 0.717) is 17.9 Å². The number of hydrogen-bond acceptors (Lipinski definition) is 6. The molecule has 230 valence electrons. The highest BCUT2D eigenvalue weighted by atomic mass is 32.2. The molecule has 0 bridgehead atoms. The zero-order chi connectivity index (χ0) is 31.0. The Morgan fingerprint density at radius 1 is 0.930 bits per heavy atom. The zero-order valence-corrected chi connectivity index (χ0v) is 26.1. The van der Waals surface area contributed by atoms with Crippen molar-refractivity contribution in [1.29, 1.82) is 0 Å². The van der Waals surface area contributed by atoms with E-state index in [4.69, 9.17) is 9.47 Å². The van der Waals surface area contributed by atoms with E-state index in [0.717, 1.165) is 41.1 Å². The number of methoxy groups -OCH3 is 2. The maximum Gasteiger partial charge on any atom is 0.264 e. The number of nitrogens with zero attached hydrogens (tertiary/aromatic N) is 2. The molecule has 2 amide bonds. The van der Waals surface area contributed by atoms with Gasteiger partial charge in [-0.25, -0.2) is 8.42 Å². The van der Waals surface area contributed by atoms with Gasteiger partial charge in [0.15, 0.2) is 0 Å². The number of para-hydroxylation sites is 2. The van der Waals surface area contributed by atoms with Crippen LogP contribution in [0.3, 0.4) is 0 Å². The van der Waals surface area contributed by atoms with Crippen LogP contribution in [-0.4, -0.2) is 58.0 Å². The lowest BCUT2D eigenvalue weighted by atomic mass is 10.1. The number of sulfonamides is 1. The second kappa shape index (κ2) is 14.4. The lowest BCUT2D eigenvalue weighted by Crippen LogP contribution is -2.53. The third kappa shape index (κ3) is 7.67. The Morgan fingerprint density at radius 3 is 2.19 bits per heavy atom. The Kier molecular flexibility index (Phi) is 10.7. The van der Waals surface area contributed by atoms with Crippen LogP contribution in [0, 0.1) is 6.92 Å². The molecule has 0 radical (unpaired) electrons. The molecule has 1 N–H and O–H groups in total. The molecule has 10 heteroatoms. The van der Waals surface area contributed by atoms with Crippen molar-refractivity contribution in [2.75, 3.05) is 25.1 Å². The van der Waals surface area contributed by atoms with Gasteiger partial charge in [0.2, 0.25) is 11.8 Å². The lowest BCUT2D eigenvalue weighted by Gasteiger charge is -2.34. The molecule has 0 aliphatic heterocycles. The molecule has 43 heavy (non-hydrogen) atoms. The first kappa shape index (κ1) is 31.9. The van der Waals surface area contributed by atoms with Gasteiger partial charge in [0.1, 0.15) is 24.1 Å². The zero-order valence-electron chi connectivity index (χ0n) is 25.3. The van der Waals surface area contributed by atoms with Crippen molar-refractivity contribution in [2.45, 2.75) is 69.5 Å². The number of benzene rings is 3. The summed E-state index contributed by atoms with van der Waals surface area (Å²) in [7, 11) is -1.17. The van der Waals surface area contributed by atoms with E-state index in [1.807, 2.05) is 26.0 Å². The number of rotatable bonds is 13. The Balaban J connectivity index is 1.74. The number of anilines is 1. The van der Waals surface area contributed by atoms with E-state index in [9.17, 15) is 18.0 Å². The Labute approximate surface area is 254 Å². The Hall–Kier alpha value is -4.05. The highest BCUT2D eigenvalue weighted by Crippen LogP contribution is 2.33. The Bertz CT molecular complexity index is 1490. The molecule has 1 aliphatic carbocycles. The average Bonchev–Trinajstić information content (AvgIpc) is 3.53. The van der Waals surface area contributed by atoms with Gasteiger partial charge in [0, 0.05) is 12.6 Å². The predicted octanol–water partition coefficient (Wildman–Crippen LogP) is 5.07. The van der Waals surface area contributed by atoms with Gasteiger partial charge in [-0.05, 0) is 68.1 Å². The highest BCUT2D eigenvalue weighted by molar-refractivity contribution is 7.92. The van der Waals surface area contributed by atoms with Gasteiger partial charge < -0.3 is 19.7 Å². The predicted molar refractivity (Wildman–Crippen MR) is 167 cm³/mol. The largest absolute Gasteiger partial charge is 0.497 e. The molecule has 0 aromatic heterocycles. The normalized spacial score (nSPS) is 14.1. The van der Waals surface area contributed by atoms with Crippen molar-refractivity contribution in [2.24, 2.45) is 0 Å². The van der Waals surface area contributed by atoms with Gasteiger partial charge in [-0.3, -0.25) is 13.9 Å². The summed E-state index contributed by atoms with van der Waals surface area (Å²) >= 11 is 0. The minimum atomic E-state index is -4.20. The van der Waals surface area contributed by atoms with Crippen LogP contribution >= 0.6 is 0 Å². The summed E-state index contributed by atoms with van der Waals surface area (Å²) in [4.78, 5) is 29.4. The number of amides is 2. The van der Waals surface area contributed by atoms with Gasteiger partial charge in [0.25, 0.3) is 10.0 Å². The molecular weight excluding hydrogens is 566 g/mol. The molecule has 1 atom stereocenters. The summed E-state index contributed by atoms with van der Waals surface area (Å²) in [5.41, 5.74) is 1.92. The van der Waals surface area contributed by atoms with Crippen LogP contribution in [0.15, 0.2) is 77.7 Å². The first-order valence-electron chi connectivity index (χ1n) is 14.6. The van der Waals surface area contributed by atoms with Gasteiger partial charge in [0.05, 0.1) is 24.8 Å². The number of hydrogen-bond donors (Lipinski definition) is 1. The molecule has 4 rings (SSSR count). The number of nitrogens with one attached hydrogen (secondary N) is 1. The summed E-state index contributed by atoms with van der Waals surface area (Å²) in [6.07, 6.45) is 4.29. The van der Waals surface area contributed by atoms with Crippen molar-refractivity contribution in [3.8, 4) is 11.5 Å². The summed E-state index contributed by atoms with van der Waals surface area (Å²) in [5, 5.41) is 3.13. The lowest BCUT2D eigenvalue weighted by molar-refractivity contribution is -0.140. The van der Waals surface area contributed by atoms with Crippen LogP contribution < -0.4 is 19.1 Å². The topological polar surface area (TPSA) is 105 Å². The van der Waals surface area contributed by atoms with Crippen molar-refractivity contribution >= 4 is 27.5 Å². The second-order valence-corrected chi connectivity index (χ2v) is 12.6. The SMILES string of the molecule is CCC(C(=O)NC1CCCC1)N(Cc1ccc(OC)cc1)C(=O)CN(c1ccccc1OC)S(=O)(=O)c1ccc(C)cc1. The van der Waals surface area contributed by atoms with E-state index in [1.54, 1.807) is 55.6 Å². The summed E-state index contributed by atoms with van der Waals surface area (Å²) < 4.78 is 40.1. The molecular formula is C33H41N3O6S. The van der Waals surface area contributed by atoms with E-state index in [1.165, 1.54) is 24.1 Å². The van der Waals surface area contributed by atoms with E-state index >= 15 is 0 Å². The molecule has 0 spiro atoms. The fourth-order valence-corrected chi connectivity index (χ4v) is 6.83. The first-order valence-corrected chi connectivity index (χ1v) is 16.1. The summed E-state index contributed by atoms with van der Waals surface area (Å²) in [5.74, 6) is 0.227. The molecule has 3 aromatic rings. The maximum absolute atomic E-state index is 14.3. The van der Waals surface area contributed by atoms with Crippen LogP contribution in [0.2, 0.25) is 0 Å². The van der Waals surface area contributed by atoms with Crippen molar-refractivity contribution in [1.82, 2.24) is 10.2 Å². The summed E-state index contributed by atoms with van der Waals surface area (Å²) in [6, 6.07) is 19.7. The van der Waals surface area contributed by atoms with Gasteiger partial charge in [-0.15, -0.1) is 0 Å². The number of carbonyl (C=O) groups is 2. The van der Waals surface area contributed by atoms with Gasteiger partial charge in [-0.1, -0.05) is 61.7 Å². The minimum absolute atomic E-state index is 0.0459. The van der Waals surface area contributed by atoms with Crippen LogP contribution in [-0.2, 0) is 26.2 Å². The molecule has 9 nitrogen and oxygen atoms in total. The van der Waals surface area contributed by atoms with Crippen LogP contribution in [0.5, 0.6) is 11.5 Å². The van der Waals surface area contributed by atoms with Crippen molar-refractivity contribution < 1.29 is 27.5 Å². The highest BCUT2D eigenvalue weighted by Gasteiger charge is 2.35. The monoisotopic (exact) mass is 607 g/mol. The molecule has 0 saturated heterocycles. The number of carbonyl (C=O) groups excluding carboxylic acids is 2. The van der Waals surface area contributed by atoms with Crippen LogP contribution in [0.4, 0.5) is 5.69 Å². The Morgan fingerprint density at radius 2 is 1.58 bits per heavy atom. The maximum atomic E-state index is 14.3. The third-order valence-corrected chi connectivity index (χ3v) is 9.62. The fraction of sp³-hybridized carbons (Fsp3) is 0.394. The molecule has 3 aromatic carbocycles. The third-order valence-electron chi connectivity index (χ3n) is 7.84. The molecule has 1 unspecified atom stereocenters. The van der Waals surface area contributed by atoms with E-state index < -0.39 is 28.5 Å². The molecule has 1 saturated carbocycles. The summed E-state index contributed by atoms with van der Waals surface area (Å²) in [6.45, 7) is 3.31. The minimum Gasteiger partial charge on any atom is -0.497 e. The van der Waals surface area contributed by atoms with E-state index in [2.05, 4.69) is 5.32 Å². The van der Waals surface area contributed by atoms with Crippen LogP contribution in [0.25, 0.3) is 0 Å². The quantitative estimate of drug-likeness (QED) is 0.291. The average molecular weight is 608 g/mol. The molecule has 0 heterocycles. The molecule has 1 aliphatic rings. The first-order chi connectivity index (χ1) is 20.7. The van der Waals surface area contributed by atoms with Crippen molar-refractivity contribution in [3.63, 3.8) is 0 Å². The fourth-order valence-electron chi connectivity index (χ4n) is 5.40.